The number of fused-ring (bicyclic) bond motifs is 1. The molecule has 2 aromatic rings. The Morgan fingerprint density at radius 1 is 1.11 bits per heavy atom. The molecule has 0 unspecified atom stereocenters. The van der Waals surface area contributed by atoms with Gasteiger partial charge < -0.3 is 15.1 Å². The molecule has 0 saturated carbocycles. The Morgan fingerprint density at radius 3 is 2.71 bits per heavy atom. The van der Waals surface area contributed by atoms with E-state index in [4.69, 9.17) is 0 Å². The zero-order valence-electron chi connectivity index (χ0n) is 16.2. The minimum Gasteiger partial charge on any atom is -0.343 e. The molecule has 1 aromatic carbocycles. The topological polar surface area (TPSA) is 83.4 Å². The normalized spacial score (nSPS) is 16.2. The second kappa shape index (κ2) is 8.00. The van der Waals surface area contributed by atoms with Crippen molar-refractivity contribution in [1.82, 2.24) is 24.8 Å². The highest BCUT2D eigenvalue weighted by Crippen LogP contribution is 2.19. The maximum atomic E-state index is 12.7. The van der Waals surface area contributed by atoms with Crippen molar-refractivity contribution in [3.8, 4) is 0 Å². The fourth-order valence-electron chi connectivity index (χ4n) is 3.84. The van der Waals surface area contributed by atoms with Crippen LogP contribution in [0.25, 0.3) is 0 Å². The average Bonchev–Trinajstić information content (AvgIpc) is 3.36. The van der Waals surface area contributed by atoms with Crippen LogP contribution in [0.5, 0.6) is 0 Å². The highest BCUT2D eigenvalue weighted by molar-refractivity contribution is 5.89. The fraction of sp³-hybridized carbons (Fsp3) is 0.500. The van der Waals surface area contributed by atoms with Gasteiger partial charge in [-0.1, -0.05) is 17.3 Å². The lowest BCUT2D eigenvalue weighted by molar-refractivity contribution is -0.130. The van der Waals surface area contributed by atoms with Crippen molar-refractivity contribution in [2.75, 3.05) is 25.0 Å². The smallest absolute Gasteiger partial charge is 0.322 e. The third-order valence-corrected chi connectivity index (χ3v) is 5.43. The molecule has 0 bridgehead atoms. The third-order valence-electron chi connectivity index (χ3n) is 5.43. The van der Waals surface area contributed by atoms with Crippen molar-refractivity contribution in [1.29, 1.82) is 0 Å². The monoisotopic (exact) mass is 382 g/mol. The van der Waals surface area contributed by atoms with Crippen LogP contribution in [-0.4, -0.2) is 56.4 Å². The first-order valence-electron chi connectivity index (χ1n) is 9.92. The zero-order valence-corrected chi connectivity index (χ0v) is 16.2. The van der Waals surface area contributed by atoms with Crippen LogP contribution in [0.2, 0.25) is 0 Å². The number of urea groups is 1. The number of aryl methyl sites for hydroxylation is 2. The van der Waals surface area contributed by atoms with E-state index in [1.54, 1.807) is 4.90 Å². The number of hydrogen-bond donors (Lipinski definition) is 1. The molecule has 3 heterocycles. The minimum absolute atomic E-state index is 0.128. The lowest BCUT2D eigenvalue weighted by Gasteiger charge is -2.28. The van der Waals surface area contributed by atoms with E-state index >= 15 is 0 Å². The van der Waals surface area contributed by atoms with Gasteiger partial charge >= 0.3 is 6.03 Å². The van der Waals surface area contributed by atoms with Gasteiger partial charge in [-0.3, -0.25) is 4.79 Å². The van der Waals surface area contributed by atoms with E-state index in [1.165, 1.54) is 0 Å². The summed E-state index contributed by atoms with van der Waals surface area (Å²) in [6.45, 7) is 5.38. The van der Waals surface area contributed by atoms with E-state index in [1.807, 2.05) is 40.8 Å². The molecule has 2 aliphatic heterocycles. The molecule has 28 heavy (non-hydrogen) atoms. The molecule has 8 heteroatoms. The Kier molecular flexibility index (Phi) is 5.27. The molecule has 1 saturated heterocycles. The van der Waals surface area contributed by atoms with Gasteiger partial charge in [-0.15, -0.1) is 5.10 Å². The molecule has 148 valence electrons. The average molecular weight is 382 g/mol. The maximum Gasteiger partial charge on any atom is 0.322 e. The molecule has 0 aliphatic carbocycles. The Bertz CT molecular complexity index is 871. The van der Waals surface area contributed by atoms with E-state index in [-0.39, 0.29) is 11.9 Å². The van der Waals surface area contributed by atoms with Crippen LogP contribution in [0.1, 0.15) is 36.2 Å². The lowest BCUT2D eigenvalue weighted by atomic mass is 10.1. The van der Waals surface area contributed by atoms with Crippen LogP contribution in [0.3, 0.4) is 0 Å². The van der Waals surface area contributed by atoms with E-state index < -0.39 is 0 Å². The third kappa shape index (κ3) is 4.00. The summed E-state index contributed by atoms with van der Waals surface area (Å²) in [4.78, 5) is 28.7. The fourth-order valence-corrected chi connectivity index (χ4v) is 3.84. The predicted octanol–water partition coefficient (Wildman–Crippen LogP) is 2.19. The first-order chi connectivity index (χ1) is 13.6. The van der Waals surface area contributed by atoms with Crippen molar-refractivity contribution in [3.05, 3.63) is 41.2 Å². The van der Waals surface area contributed by atoms with Crippen molar-refractivity contribution in [2.24, 2.45) is 0 Å². The minimum atomic E-state index is -0.128. The number of carbonyl (C=O) groups excluding carboxylic acids is 2. The number of likely N-dealkylation sites (tertiary alicyclic amines) is 1. The number of hydrogen-bond acceptors (Lipinski definition) is 4. The van der Waals surface area contributed by atoms with E-state index in [0.717, 1.165) is 48.6 Å². The van der Waals surface area contributed by atoms with Crippen LogP contribution in [0, 0.1) is 6.92 Å². The molecular formula is C20H26N6O2. The molecular weight excluding hydrogens is 356 g/mol. The molecule has 3 amide bonds. The Morgan fingerprint density at radius 2 is 1.93 bits per heavy atom. The lowest BCUT2D eigenvalue weighted by Crippen LogP contribution is -2.41. The summed E-state index contributed by atoms with van der Waals surface area (Å²) < 4.78 is 1.85. The standard InChI is InChI=1S/C20H26N6O2/c1-15-5-4-6-16(13-15)21-20(28)25-11-12-26-18(14-25)17(22-23-26)7-8-19(27)24-9-2-3-10-24/h4-6,13H,2-3,7-12,14H2,1H3,(H,21,28). The van der Waals surface area contributed by atoms with Crippen molar-refractivity contribution < 1.29 is 9.59 Å². The van der Waals surface area contributed by atoms with Gasteiger partial charge in [0, 0.05) is 38.2 Å². The molecule has 1 fully saturated rings. The number of amides is 3. The number of anilines is 1. The molecule has 1 N–H and O–H groups in total. The van der Waals surface area contributed by atoms with E-state index in [9.17, 15) is 9.59 Å². The zero-order chi connectivity index (χ0) is 19.5. The van der Waals surface area contributed by atoms with Gasteiger partial charge in [-0.2, -0.15) is 0 Å². The van der Waals surface area contributed by atoms with Crippen LogP contribution in [0.4, 0.5) is 10.5 Å². The number of rotatable bonds is 4. The number of aromatic nitrogens is 3. The molecule has 1 aromatic heterocycles. The Hall–Kier alpha value is -2.90. The van der Waals surface area contributed by atoms with Crippen molar-refractivity contribution in [3.63, 3.8) is 0 Å². The molecule has 8 nitrogen and oxygen atoms in total. The van der Waals surface area contributed by atoms with E-state index in [2.05, 4.69) is 15.6 Å². The van der Waals surface area contributed by atoms with Gasteiger partial charge in [-0.05, 0) is 37.5 Å². The highest BCUT2D eigenvalue weighted by Gasteiger charge is 2.26. The summed E-state index contributed by atoms with van der Waals surface area (Å²) in [7, 11) is 0. The second-order valence-corrected chi connectivity index (χ2v) is 7.52. The predicted molar refractivity (Wildman–Crippen MR) is 105 cm³/mol. The Labute approximate surface area is 164 Å². The number of carbonyl (C=O) groups is 2. The highest BCUT2D eigenvalue weighted by atomic mass is 16.2. The quantitative estimate of drug-likeness (QED) is 0.879. The van der Waals surface area contributed by atoms with E-state index in [0.29, 0.717) is 32.5 Å². The molecule has 4 rings (SSSR count). The first kappa shape index (κ1) is 18.5. The largest absolute Gasteiger partial charge is 0.343 e. The van der Waals surface area contributed by atoms with Gasteiger partial charge in [0.05, 0.1) is 24.5 Å². The number of nitrogens with zero attached hydrogens (tertiary/aromatic N) is 5. The number of benzene rings is 1. The van der Waals surface area contributed by atoms with Gasteiger partial charge in [0.15, 0.2) is 0 Å². The van der Waals surface area contributed by atoms with Gasteiger partial charge in [0.1, 0.15) is 0 Å². The molecule has 0 radical (unpaired) electrons. The van der Waals surface area contributed by atoms with Crippen molar-refractivity contribution in [2.45, 2.75) is 45.7 Å². The van der Waals surface area contributed by atoms with Crippen molar-refractivity contribution >= 4 is 17.6 Å². The van der Waals surface area contributed by atoms with Crippen LogP contribution in [0.15, 0.2) is 24.3 Å². The van der Waals surface area contributed by atoms with Crippen LogP contribution >= 0.6 is 0 Å². The summed E-state index contributed by atoms with van der Waals surface area (Å²) in [5.74, 6) is 0.184. The first-order valence-corrected chi connectivity index (χ1v) is 9.92. The summed E-state index contributed by atoms with van der Waals surface area (Å²) in [5.41, 5.74) is 3.64. The van der Waals surface area contributed by atoms with Gasteiger partial charge in [0.25, 0.3) is 0 Å². The van der Waals surface area contributed by atoms with Gasteiger partial charge in [0.2, 0.25) is 5.91 Å². The Balaban J connectivity index is 1.38. The number of nitrogens with one attached hydrogen (secondary N) is 1. The molecule has 0 atom stereocenters. The summed E-state index contributed by atoms with van der Waals surface area (Å²) >= 11 is 0. The summed E-state index contributed by atoms with van der Waals surface area (Å²) in [6.07, 6.45) is 3.20. The summed E-state index contributed by atoms with van der Waals surface area (Å²) in [6, 6.07) is 7.63. The second-order valence-electron chi connectivity index (χ2n) is 7.52. The molecule has 0 spiro atoms. The van der Waals surface area contributed by atoms with Crippen LogP contribution in [-0.2, 0) is 24.3 Å². The summed E-state index contributed by atoms with van der Waals surface area (Å²) in [5, 5.41) is 11.4. The SMILES string of the molecule is Cc1cccc(NC(=O)N2CCn3nnc(CCC(=O)N4CCCC4)c3C2)c1. The van der Waals surface area contributed by atoms with Crippen LogP contribution < -0.4 is 5.32 Å². The maximum absolute atomic E-state index is 12.7. The molecule has 2 aliphatic rings. The van der Waals surface area contributed by atoms with Gasteiger partial charge in [-0.25, -0.2) is 9.48 Å².